The van der Waals surface area contributed by atoms with Crippen molar-refractivity contribution in [3.8, 4) is 0 Å². The average Bonchev–Trinajstić information content (AvgIpc) is 2.66. The molecule has 1 aromatic rings. The van der Waals surface area contributed by atoms with Gasteiger partial charge in [0, 0.05) is 12.4 Å². The van der Waals surface area contributed by atoms with Crippen LogP contribution in [0.3, 0.4) is 0 Å². The van der Waals surface area contributed by atoms with Gasteiger partial charge >= 0.3 is 0 Å². The van der Waals surface area contributed by atoms with E-state index in [1.54, 1.807) is 23.2 Å². The van der Waals surface area contributed by atoms with Gasteiger partial charge in [0.25, 0.3) is 0 Å². The van der Waals surface area contributed by atoms with Gasteiger partial charge in [-0.2, -0.15) is 0 Å². The van der Waals surface area contributed by atoms with Gasteiger partial charge in [0.2, 0.25) is 0 Å². The topological polar surface area (TPSA) is 33.2 Å². The van der Waals surface area contributed by atoms with Crippen LogP contribution in [0.4, 0.5) is 5.82 Å². The van der Waals surface area contributed by atoms with Crippen LogP contribution in [0.25, 0.3) is 0 Å². The molecule has 0 aliphatic carbocycles. The lowest BCUT2D eigenvalue weighted by Crippen LogP contribution is -2.28. The van der Waals surface area contributed by atoms with Crippen LogP contribution in [0.15, 0.2) is 30.6 Å². The molecule has 1 aliphatic heterocycles. The summed E-state index contributed by atoms with van der Waals surface area (Å²) in [6.07, 6.45) is 7.06. The number of aromatic nitrogens is 1. The van der Waals surface area contributed by atoms with Crippen molar-refractivity contribution in [2.24, 2.45) is 0 Å². The Morgan fingerprint density at radius 2 is 2.50 bits per heavy atom. The van der Waals surface area contributed by atoms with E-state index in [0.29, 0.717) is 10.8 Å². The number of carbonyl (C=O) groups is 1. The summed E-state index contributed by atoms with van der Waals surface area (Å²) in [5.41, 5.74) is 0. The van der Waals surface area contributed by atoms with E-state index in [1.807, 2.05) is 12.3 Å². The number of hydrogen-bond donors (Lipinski definition) is 0. The maximum Gasteiger partial charge on any atom is 0.151 e. The SMILES string of the molecule is O=CC1CC=CN1c1ncccc1Cl. The number of pyridine rings is 1. The Balaban J connectivity index is 2.35. The Morgan fingerprint density at radius 1 is 1.64 bits per heavy atom. The van der Waals surface area contributed by atoms with Gasteiger partial charge in [-0.15, -0.1) is 0 Å². The summed E-state index contributed by atoms with van der Waals surface area (Å²) in [6.45, 7) is 0. The molecule has 0 saturated heterocycles. The molecule has 0 fully saturated rings. The number of hydrogen-bond acceptors (Lipinski definition) is 3. The molecule has 72 valence electrons. The Labute approximate surface area is 87.0 Å². The molecule has 0 saturated carbocycles. The van der Waals surface area contributed by atoms with Crippen LogP contribution < -0.4 is 4.90 Å². The summed E-state index contributed by atoms with van der Waals surface area (Å²) in [6, 6.07) is 3.36. The molecule has 3 nitrogen and oxygen atoms in total. The Morgan fingerprint density at radius 3 is 3.21 bits per heavy atom. The number of aldehydes is 1. The minimum atomic E-state index is -0.164. The highest BCUT2D eigenvalue weighted by Gasteiger charge is 2.22. The molecule has 1 aromatic heterocycles. The van der Waals surface area contributed by atoms with Crippen LogP contribution in [-0.4, -0.2) is 17.3 Å². The van der Waals surface area contributed by atoms with E-state index in [2.05, 4.69) is 4.98 Å². The molecule has 14 heavy (non-hydrogen) atoms. The van der Waals surface area contributed by atoms with Gasteiger partial charge in [0.05, 0.1) is 11.1 Å². The number of anilines is 1. The lowest BCUT2D eigenvalue weighted by Gasteiger charge is -2.20. The van der Waals surface area contributed by atoms with E-state index in [1.165, 1.54) is 0 Å². The van der Waals surface area contributed by atoms with Crippen molar-refractivity contribution in [2.45, 2.75) is 12.5 Å². The molecule has 0 aromatic carbocycles. The van der Waals surface area contributed by atoms with Crippen molar-refractivity contribution in [3.63, 3.8) is 0 Å². The maximum absolute atomic E-state index is 10.7. The second-order valence-electron chi connectivity index (χ2n) is 3.04. The molecule has 2 heterocycles. The Bertz CT molecular complexity index is 378. The summed E-state index contributed by atoms with van der Waals surface area (Å²) in [5.74, 6) is 0.639. The zero-order valence-electron chi connectivity index (χ0n) is 7.43. The lowest BCUT2D eigenvalue weighted by molar-refractivity contribution is -0.108. The largest absolute Gasteiger partial charge is 0.322 e. The monoisotopic (exact) mass is 208 g/mol. The fourth-order valence-corrected chi connectivity index (χ4v) is 1.67. The van der Waals surface area contributed by atoms with E-state index in [0.717, 1.165) is 12.7 Å². The van der Waals surface area contributed by atoms with Crippen LogP contribution in [0.2, 0.25) is 5.02 Å². The summed E-state index contributed by atoms with van der Waals surface area (Å²) < 4.78 is 0. The van der Waals surface area contributed by atoms with Crippen molar-refractivity contribution >= 4 is 23.7 Å². The van der Waals surface area contributed by atoms with Crippen LogP contribution in [0.5, 0.6) is 0 Å². The van der Waals surface area contributed by atoms with Crippen molar-refractivity contribution < 1.29 is 4.79 Å². The molecular weight excluding hydrogens is 200 g/mol. The Hall–Kier alpha value is -1.35. The van der Waals surface area contributed by atoms with Crippen LogP contribution >= 0.6 is 11.6 Å². The minimum absolute atomic E-state index is 0.164. The van der Waals surface area contributed by atoms with Crippen molar-refractivity contribution in [2.75, 3.05) is 4.90 Å². The van der Waals surface area contributed by atoms with Crippen molar-refractivity contribution in [1.82, 2.24) is 4.98 Å². The first-order chi connectivity index (χ1) is 6.83. The second kappa shape index (κ2) is 3.80. The molecular formula is C10H9ClN2O. The summed E-state index contributed by atoms with van der Waals surface area (Å²) in [7, 11) is 0. The number of nitrogens with zero attached hydrogens (tertiary/aromatic N) is 2. The number of halogens is 1. The lowest BCUT2D eigenvalue weighted by atomic mass is 10.2. The smallest absolute Gasteiger partial charge is 0.151 e. The minimum Gasteiger partial charge on any atom is -0.322 e. The standard InChI is InChI=1S/C10H9ClN2O/c11-9-4-1-5-12-10(9)13-6-2-3-8(13)7-14/h1-2,4-8H,3H2. The van der Waals surface area contributed by atoms with E-state index in [9.17, 15) is 4.79 Å². The second-order valence-corrected chi connectivity index (χ2v) is 3.45. The van der Waals surface area contributed by atoms with Crippen LogP contribution in [-0.2, 0) is 4.79 Å². The molecule has 0 spiro atoms. The Kier molecular flexibility index (Phi) is 2.50. The molecule has 0 N–H and O–H groups in total. The van der Waals surface area contributed by atoms with E-state index >= 15 is 0 Å². The average molecular weight is 209 g/mol. The first kappa shape index (κ1) is 9.21. The number of rotatable bonds is 2. The third-order valence-corrected chi connectivity index (χ3v) is 2.44. The van der Waals surface area contributed by atoms with E-state index < -0.39 is 0 Å². The molecule has 1 atom stereocenters. The summed E-state index contributed by atoms with van der Waals surface area (Å²) >= 11 is 5.97. The van der Waals surface area contributed by atoms with Gasteiger partial charge in [-0.3, -0.25) is 0 Å². The van der Waals surface area contributed by atoms with Crippen LogP contribution in [0, 0.1) is 0 Å². The first-order valence-corrected chi connectivity index (χ1v) is 4.71. The van der Waals surface area contributed by atoms with E-state index in [-0.39, 0.29) is 6.04 Å². The van der Waals surface area contributed by atoms with Gasteiger partial charge in [-0.05, 0) is 18.6 Å². The zero-order valence-corrected chi connectivity index (χ0v) is 8.19. The molecule has 0 bridgehead atoms. The van der Waals surface area contributed by atoms with Gasteiger partial charge in [0.1, 0.15) is 6.29 Å². The fourth-order valence-electron chi connectivity index (χ4n) is 1.45. The van der Waals surface area contributed by atoms with Gasteiger partial charge in [0.15, 0.2) is 5.82 Å². The van der Waals surface area contributed by atoms with Gasteiger partial charge < -0.3 is 9.69 Å². The predicted octanol–water partition coefficient (Wildman–Crippen LogP) is 2.03. The molecule has 1 aliphatic rings. The number of carbonyl (C=O) groups excluding carboxylic acids is 1. The van der Waals surface area contributed by atoms with Crippen molar-refractivity contribution in [1.29, 1.82) is 0 Å². The molecule has 4 heteroatoms. The molecule has 0 radical (unpaired) electrons. The van der Waals surface area contributed by atoms with E-state index in [4.69, 9.17) is 11.6 Å². The highest BCUT2D eigenvalue weighted by atomic mass is 35.5. The predicted molar refractivity (Wildman–Crippen MR) is 55.3 cm³/mol. The van der Waals surface area contributed by atoms with Gasteiger partial charge in [-0.1, -0.05) is 17.7 Å². The van der Waals surface area contributed by atoms with Gasteiger partial charge in [-0.25, -0.2) is 4.98 Å². The molecule has 0 amide bonds. The highest BCUT2D eigenvalue weighted by Crippen LogP contribution is 2.27. The molecule has 1 unspecified atom stereocenters. The van der Waals surface area contributed by atoms with Crippen molar-refractivity contribution in [3.05, 3.63) is 35.6 Å². The first-order valence-electron chi connectivity index (χ1n) is 4.33. The highest BCUT2D eigenvalue weighted by molar-refractivity contribution is 6.33. The maximum atomic E-state index is 10.7. The van der Waals surface area contributed by atoms with Crippen LogP contribution in [0.1, 0.15) is 6.42 Å². The third-order valence-electron chi connectivity index (χ3n) is 2.14. The molecule has 2 rings (SSSR count). The quantitative estimate of drug-likeness (QED) is 0.698. The third kappa shape index (κ3) is 1.51. The summed E-state index contributed by atoms with van der Waals surface area (Å²) in [5, 5.41) is 0.561. The normalized spacial score (nSPS) is 20.1. The fraction of sp³-hybridized carbons (Fsp3) is 0.200. The zero-order chi connectivity index (χ0) is 9.97. The summed E-state index contributed by atoms with van der Waals surface area (Å²) in [4.78, 5) is 16.7.